The first kappa shape index (κ1) is 22.1. The highest BCUT2D eigenvalue weighted by Crippen LogP contribution is 2.31. The zero-order valence-electron chi connectivity index (χ0n) is 17.8. The zero-order valence-corrected chi connectivity index (χ0v) is 19.4. The largest absolute Gasteiger partial charge is 0.399 e. The van der Waals surface area contributed by atoms with Crippen LogP contribution in [0.5, 0.6) is 0 Å². The molecule has 0 radical (unpaired) electrons. The fraction of sp³-hybridized carbons (Fsp3) is 0.455. The third-order valence-corrected chi connectivity index (χ3v) is 7.41. The lowest BCUT2D eigenvalue weighted by Crippen LogP contribution is -2.47. The van der Waals surface area contributed by atoms with E-state index in [1.807, 2.05) is 18.2 Å². The van der Waals surface area contributed by atoms with Gasteiger partial charge in [0.05, 0.1) is 11.7 Å². The van der Waals surface area contributed by atoms with Crippen LogP contribution in [0.15, 0.2) is 35.4 Å². The Hall–Kier alpha value is -2.13. The molecule has 0 spiro atoms. The zero-order chi connectivity index (χ0) is 20.7. The van der Waals surface area contributed by atoms with Gasteiger partial charge in [0, 0.05) is 68.6 Å². The molecule has 2 aliphatic heterocycles. The van der Waals surface area contributed by atoms with Crippen LogP contribution in [0.25, 0.3) is 10.2 Å². The molecule has 7 nitrogen and oxygen atoms in total. The summed E-state index contributed by atoms with van der Waals surface area (Å²) >= 11 is 1.68. The number of nitrogen functional groups attached to an aromatic ring is 1. The van der Waals surface area contributed by atoms with Crippen LogP contribution in [0.1, 0.15) is 10.4 Å². The minimum absolute atomic E-state index is 0. The van der Waals surface area contributed by atoms with Crippen LogP contribution in [-0.2, 0) is 19.5 Å². The summed E-state index contributed by atoms with van der Waals surface area (Å²) < 4.78 is 1.80. The van der Waals surface area contributed by atoms with Gasteiger partial charge < -0.3 is 15.5 Å². The van der Waals surface area contributed by atoms with Gasteiger partial charge in [-0.2, -0.15) is 0 Å². The molecule has 5 rings (SSSR count). The van der Waals surface area contributed by atoms with Crippen molar-refractivity contribution in [2.45, 2.75) is 19.5 Å². The molecule has 31 heavy (non-hydrogen) atoms. The summed E-state index contributed by atoms with van der Waals surface area (Å²) in [5.74, 6) is 0. The van der Waals surface area contributed by atoms with Crippen LogP contribution >= 0.6 is 23.7 Å². The maximum atomic E-state index is 13.2. The van der Waals surface area contributed by atoms with Crippen molar-refractivity contribution in [3.05, 3.63) is 51.4 Å². The molecule has 1 saturated heterocycles. The molecule has 4 heterocycles. The summed E-state index contributed by atoms with van der Waals surface area (Å²) in [6, 6.07) is 8.08. The van der Waals surface area contributed by atoms with Crippen LogP contribution in [-0.4, -0.2) is 65.7 Å². The van der Waals surface area contributed by atoms with Crippen molar-refractivity contribution in [2.75, 3.05) is 56.9 Å². The Kier molecular flexibility index (Phi) is 6.52. The summed E-state index contributed by atoms with van der Waals surface area (Å²) in [6.07, 6.45) is 2.68. The first-order chi connectivity index (χ1) is 14.6. The average Bonchev–Trinajstić information content (AvgIpc) is 3.12. The summed E-state index contributed by atoms with van der Waals surface area (Å²) in [5.41, 5.74) is 9.27. The number of thiophene rings is 1. The van der Waals surface area contributed by atoms with Crippen LogP contribution < -0.4 is 16.2 Å². The molecule has 0 saturated carbocycles. The molecule has 0 aliphatic carbocycles. The molecule has 1 aromatic carbocycles. The van der Waals surface area contributed by atoms with Crippen molar-refractivity contribution >= 4 is 45.3 Å². The average molecular weight is 461 g/mol. The van der Waals surface area contributed by atoms with Crippen molar-refractivity contribution < 1.29 is 0 Å². The molecule has 1 fully saturated rings. The number of rotatable bonds is 4. The van der Waals surface area contributed by atoms with Crippen molar-refractivity contribution in [1.29, 1.82) is 0 Å². The van der Waals surface area contributed by atoms with E-state index in [0.29, 0.717) is 6.54 Å². The van der Waals surface area contributed by atoms with Gasteiger partial charge in [-0.15, -0.1) is 23.7 Å². The topological polar surface area (TPSA) is 70.6 Å². The van der Waals surface area contributed by atoms with Crippen LogP contribution in [0.2, 0.25) is 0 Å². The number of likely N-dealkylation sites (N-methyl/N-ethyl adjacent to an activating group) is 1. The highest BCUT2D eigenvalue weighted by molar-refractivity contribution is 7.18. The summed E-state index contributed by atoms with van der Waals surface area (Å²) in [5, 5.41) is 0.858. The summed E-state index contributed by atoms with van der Waals surface area (Å²) in [7, 11) is 2.13. The van der Waals surface area contributed by atoms with E-state index in [2.05, 4.69) is 32.8 Å². The molecule has 0 bridgehead atoms. The maximum absolute atomic E-state index is 13.2. The number of nitrogens with zero attached hydrogens (tertiary/aromatic N) is 5. The molecule has 3 aromatic rings. The van der Waals surface area contributed by atoms with Crippen molar-refractivity contribution in [3.8, 4) is 0 Å². The van der Waals surface area contributed by atoms with Crippen molar-refractivity contribution in [1.82, 2.24) is 19.4 Å². The second kappa shape index (κ2) is 9.16. The fourth-order valence-corrected chi connectivity index (χ4v) is 5.76. The minimum Gasteiger partial charge on any atom is -0.399 e. The predicted molar refractivity (Wildman–Crippen MR) is 131 cm³/mol. The lowest BCUT2D eigenvalue weighted by molar-refractivity contribution is 0.247. The molecule has 2 aliphatic rings. The first-order valence-corrected chi connectivity index (χ1v) is 11.4. The number of halogens is 1. The number of hydrogen-bond acceptors (Lipinski definition) is 7. The maximum Gasteiger partial charge on any atom is 0.262 e. The molecular formula is C22H29ClN6OS. The van der Waals surface area contributed by atoms with Crippen LogP contribution in [0.3, 0.4) is 0 Å². The van der Waals surface area contributed by atoms with E-state index in [-0.39, 0.29) is 18.0 Å². The second-order valence-electron chi connectivity index (χ2n) is 8.34. The third-order valence-electron chi connectivity index (χ3n) is 6.28. The van der Waals surface area contributed by atoms with E-state index >= 15 is 0 Å². The Bertz CT molecular complexity index is 1120. The van der Waals surface area contributed by atoms with Crippen molar-refractivity contribution in [2.24, 2.45) is 0 Å². The highest BCUT2D eigenvalue weighted by Gasteiger charge is 2.22. The third kappa shape index (κ3) is 4.43. The second-order valence-corrected chi connectivity index (χ2v) is 9.42. The lowest BCUT2D eigenvalue weighted by Gasteiger charge is -2.36. The van der Waals surface area contributed by atoms with Gasteiger partial charge in [-0.05, 0) is 37.2 Å². The van der Waals surface area contributed by atoms with E-state index in [4.69, 9.17) is 5.73 Å². The molecule has 0 atom stereocenters. The number of aromatic nitrogens is 2. The van der Waals surface area contributed by atoms with E-state index in [0.717, 1.165) is 68.1 Å². The Balaban J connectivity index is 0.00000231. The summed E-state index contributed by atoms with van der Waals surface area (Å²) in [4.78, 5) is 27.1. The Labute approximate surface area is 192 Å². The van der Waals surface area contributed by atoms with Gasteiger partial charge in [0.1, 0.15) is 4.83 Å². The normalized spacial score (nSPS) is 17.5. The first-order valence-electron chi connectivity index (χ1n) is 10.6. The van der Waals surface area contributed by atoms with E-state index in [1.165, 1.54) is 16.1 Å². The smallest absolute Gasteiger partial charge is 0.262 e. The van der Waals surface area contributed by atoms with Crippen LogP contribution in [0.4, 0.5) is 11.4 Å². The summed E-state index contributed by atoms with van der Waals surface area (Å²) in [6.45, 7) is 7.40. The van der Waals surface area contributed by atoms with Crippen LogP contribution in [0, 0.1) is 0 Å². The lowest BCUT2D eigenvalue weighted by atomic mass is 10.1. The fourth-order valence-electron chi connectivity index (χ4n) is 4.51. The number of piperazine rings is 1. The van der Waals surface area contributed by atoms with Gasteiger partial charge in [0.15, 0.2) is 0 Å². The van der Waals surface area contributed by atoms with Gasteiger partial charge in [-0.3, -0.25) is 14.3 Å². The number of nitrogens with two attached hydrogens (primary N) is 1. The Morgan fingerprint density at radius 3 is 2.71 bits per heavy atom. The highest BCUT2D eigenvalue weighted by atomic mass is 35.5. The predicted octanol–water partition coefficient (Wildman–Crippen LogP) is 2.27. The SMILES string of the molecule is CN1CCc2c(sc3ncn(CCN4CCN(c5cccc(N)c5)CC4)c(=O)c23)C1.Cl. The van der Waals surface area contributed by atoms with E-state index in [1.54, 1.807) is 22.2 Å². The van der Waals surface area contributed by atoms with Crippen molar-refractivity contribution in [3.63, 3.8) is 0 Å². The van der Waals surface area contributed by atoms with E-state index < -0.39 is 0 Å². The molecule has 166 valence electrons. The number of benzene rings is 1. The number of anilines is 2. The molecule has 9 heteroatoms. The van der Waals surface area contributed by atoms with E-state index in [9.17, 15) is 4.79 Å². The number of hydrogen-bond donors (Lipinski definition) is 1. The monoisotopic (exact) mass is 460 g/mol. The quantitative estimate of drug-likeness (QED) is 0.602. The Morgan fingerprint density at radius 2 is 1.94 bits per heavy atom. The molecule has 2 N–H and O–H groups in total. The molecule has 2 aromatic heterocycles. The molecule has 0 amide bonds. The van der Waals surface area contributed by atoms with Gasteiger partial charge in [-0.1, -0.05) is 6.07 Å². The Morgan fingerprint density at radius 1 is 1.13 bits per heavy atom. The molecular weight excluding hydrogens is 432 g/mol. The minimum atomic E-state index is 0. The van der Waals surface area contributed by atoms with Gasteiger partial charge in [0.2, 0.25) is 0 Å². The van der Waals surface area contributed by atoms with Gasteiger partial charge >= 0.3 is 0 Å². The molecule has 0 unspecified atom stereocenters. The number of fused-ring (bicyclic) bond motifs is 3. The standard InChI is InChI=1S/C22H28N6OS.ClH/c1-25-6-5-18-19(14-25)30-21-20(18)22(29)28(15-24-21)12-9-26-7-10-27(11-8-26)17-4-2-3-16(23)13-17;/h2-4,13,15H,5-12,14,23H2,1H3;1H. The van der Waals surface area contributed by atoms with Gasteiger partial charge in [0.25, 0.3) is 5.56 Å². The van der Waals surface area contributed by atoms with Gasteiger partial charge in [-0.25, -0.2) is 4.98 Å².